The van der Waals surface area contributed by atoms with E-state index in [1.54, 1.807) is 0 Å². The highest BCUT2D eigenvalue weighted by atomic mass is 32.2. The first-order valence-corrected chi connectivity index (χ1v) is 24.4. The lowest BCUT2D eigenvalue weighted by molar-refractivity contribution is -0.116. The van der Waals surface area contributed by atoms with Gasteiger partial charge in [-0.15, -0.1) is 0 Å². The van der Waals surface area contributed by atoms with Gasteiger partial charge in [0.1, 0.15) is 19.6 Å². The van der Waals surface area contributed by atoms with Crippen molar-refractivity contribution in [1.29, 1.82) is 0 Å². The predicted octanol–water partition coefficient (Wildman–Crippen LogP) is 3.67. The van der Waals surface area contributed by atoms with Crippen LogP contribution in [0.1, 0.15) is 26.3 Å². The Balaban J connectivity index is 1.01. The van der Waals surface area contributed by atoms with Gasteiger partial charge in [-0.2, -0.15) is 33.7 Å². The van der Waals surface area contributed by atoms with Crippen LogP contribution in [0.15, 0.2) is 123 Å². The van der Waals surface area contributed by atoms with Gasteiger partial charge in [0.25, 0.3) is 52.3 Å². The first kappa shape index (κ1) is 49.1. The summed E-state index contributed by atoms with van der Waals surface area (Å²) in [5, 5.41) is 13.0. The third-order valence-electron chi connectivity index (χ3n) is 9.43. The van der Waals surface area contributed by atoms with Crippen LogP contribution in [-0.2, 0) is 50.1 Å². The smallest absolute Gasteiger partial charge is 0.323 e. The van der Waals surface area contributed by atoms with E-state index in [4.69, 9.17) is 0 Å². The molecule has 67 heavy (non-hydrogen) atoms. The Labute approximate surface area is 380 Å². The Morgan fingerprint density at radius 2 is 0.851 bits per heavy atom. The molecule has 6 aromatic carbocycles. The fraction of sp³-hybridized carbons (Fsp3) is 0.0750. The third-order valence-corrected chi connectivity index (χ3v) is 13.0. The molecule has 0 aliphatic carbocycles. The lowest BCUT2D eigenvalue weighted by Crippen LogP contribution is -2.33. The summed E-state index contributed by atoms with van der Waals surface area (Å²) in [6.45, 7) is 0.0893. The minimum absolute atomic E-state index is 0.0471. The van der Waals surface area contributed by atoms with Crippen molar-refractivity contribution >= 4 is 114 Å². The maximum absolute atomic E-state index is 12.9. The van der Waals surface area contributed by atoms with Crippen molar-refractivity contribution in [3.05, 3.63) is 120 Å². The van der Waals surface area contributed by atoms with Crippen LogP contribution >= 0.6 is 0 Å². The molecule has 6 rings (SSSR count). The molecule has 0 fully saturated rings. The number of amides is 6. The van der Waals surface area contributed by atoms with Crippen LogP contribution in [0.5, 0.6) is 0 Å². The molecule has 10 N–H and O–H groups in total. The summed E-state index contributed by atoms with van der Waals surface area (Å²) in [4.78, 5) is 61.1. The normalized spacial score (nSPS) is 12.0. The zero-order valence-electron chi connectivity index (χ0n) is 34.0. The summed E-state index contributed by atoms with van der Waals surface area (Å²) in [5.41, 5.74) is 0.238. The Morgan fingerprint density at radius 3 is 1.27 bits per heavy atom. The van der Waals surface area contributed by atoms with E-state index in [9.17, 15) is 75.9 Å². The van der Waals surface area contributed by atoms with Crippen LogP contribution in [0.3, 0.4) is 0 Å². The highest BCUT2D eigenvalue weighted by Gasteiger charge is 2.26. The maximum Gasteiger partial charge on any atom is 0.323 e. The molecule has 0 heterocycles. The van der Waals surface area contributed by atoms with Gasteiger partial charge in [0, 0.05) is 44.0 Å². The van der Waals surface area contributed by atoms with Gasteiger partial charge in [-0.25, -0.2) is 4.79 Å². The highest BCUT2D eigenvalue weighted by molar-refractivity contribution is 7.87. The summed E-state index contributed by atoms with van der Waals surface area (Å²) < 4.78 is 135. The molecule has 0 unspecified atom stereocenters. The maximum atomic E-state index is 12.9. The standard InChI is InChI=1S/C40H34N6O17S4/c1-21-17-27-31(65(55,56)57)16-14-29(37(27)33(18-21)67(61,62)63)46-35(48)20-42-39(50)23-7-11-25(12-8-23)44-40(51)43-24-9-5-22(6-10-24)38(49)41-19-34(47)45-28-13-15-30(64(52,53)54)26-3-2-4-32(36(26)28)66(58,59)60/h2-18H,19-20H2,1H3,(H,41,49)(H,42,50)(H,45,47)(H,46,48)(H2,43,44,51)(H,52,53,54)(H,55,56,57)(H,58,59,60)(H,61,62,63). The number of carbonyl (C=O) groups is 5. The number of carbonyl (C=O) groups excluding carboxylic acids is 5. The van der Waals surface area contributed by atoms with Crippen LogP contribution in [0.2, 0.25) is 0 Å². The molecule has 0 aromatic heterocycles. The van der Waals surface area contributed by atoms with E-state index >= 15 is 0 Å². The van der Waals surface area contributed by atoms with Crippen LogP contribution in [0, 0.1) is 6.92 Å². The summed E-state index contributed by atoms with van der Waals surface area (Å²) in [6.07, 6.45) is 0. The molecule has 0 aliphatic heterocycles. The average Bonchev–Trinajstić information content (AvgIpc) is 3.23. The number of fused-ring (bicyclic) bond motifs is 2. The molecular weight excluding hydrogens is 965 g/mol. The molecule has 27 heteroatoms. The van der Waals surface area contributed by atoms with Crippen LogP contribution in [0.4, 0.5) is 27.5 Å². The molecule has 0 spiro atoms. The Bertz CT molecular complexity index is 3510. The summed E-state index contributed by atoms with van der Waals surface area (Å²) in [5.74, 6) is -3.26. The van der Waals surface area contributed by atoms with Crippen molar-refractivity contribution in [3.8, 4) is 0 Å². The monoisotopic (exact) mass is 998 g/mol. The lowest BCUT2D eigenvalue weighted by Gasteiger charge is -2.15. The minimum atomic E-state index is -4.97. The Kier molecular flexibility index (Phi) is 13.8. The predicted molar refractivity (Wildman–Crippen MR) is 239 cm³/mol. The van der Waals surface area contributed by atoms with E-state index in [-0.39, 0.29) is 50.2 Å². The first-order chi connectivity index (χ1) is 31.2. The Morgan fingerprint density at radius 1 is 0.448 bits per heavy atom. The van der Waals surface area contributed by atoms with Crippen molar-refractivity contribution in [2.24, 2.45) is 0 Å². The number of anilines is 4. The SMILES string of the molecule is Cc1cc(S(=O)(=O)O)c2c(NC(=O)CNC(=O)c3ccc(NC(=O)Nc4ccc(C(=O)NCC(=O)Nc5ccc(S(=O)(=O)O)c6cccc(S(=O)(=O)O)c56)cc4)cc3)ccc(S(=O)(=O)O)c2c1. The van der Waals surface area contributed by atoms with Crippen molar-refractivity contribution in [2.45, 2.75) is 26.5 Å². The number of benzene rings is 6. The van der Waals surface area contributed by atoms with Crippen molar-refractivity contribution in [1.82, 2.24) is 10.6 Å². The van der Waals surface area contributed by atoms with Gasteiger partial charge in [-0.05, 0) is 103 Å². The summed E-state index contributed by atoms with van der Waals surface area (Å²) in [6, 6.07) is 19.3. The van der Waals surface area contributed by atoms with Crippen LogP contribution in [0.25, 0.3) is 21.5 Å². The second-order valence-corrected chi connectivity index (χ2v) is 19.7. The van der Waals surface area contributed by atoms with Gasteiger partial charge in [0.2, 0.25) is 11.8 Å². The molecular formula is C40H34N6O17S4. The fourth-order valence-corrected chi connectivity index (χ4v) is 9.51. The third kappa shape index (κ3) is 11.7. The Hall–Kier alpha value is -7.37. The summed E-state index contributed by atoms with van der Waals surface area (Å²) in [7, 11) is -19.7. The van der Waals surface area contributed by atoms with Crippen molar-refractivity contribution in [3.63, 3.8) is 0 Å². The zero-order valence-corrected chi connectivity index (χ0v) is 37.2. The van der Waals surface area contributed by atoms with E-state index < -0.39 is 114 Å². The molecule has 0 bridgehead atoms. The molecule has 0 saturated heterocycles. The number of aryl methyl sites for hydroxylation is 1. The number of rotatable bonds is 14. The minimum Gasteiger partial charge on any atom is -0.343 e. The molecule has 0 saturated carbocycles. The quantitative estimate of drug-likeness (QED) is 0.0696. The van der Waals surface area contributed by atoms with Gasteiger partial charge in [0.05, 0.1) is 24.5 Å². The summed E-state index contributed by atoms with van der Waals surface area (Å²) >= 11 is 0. The van der Waals surface area contributed by atoms with E-state index in [2.05, 4.69) is 31.9 Å². The molecule has 0 atom stereocenters. The van der Waals surface area contributed by atoms with Crippen LogP contribution in [-0.4, -0.2) is 94.6 Å². The second-order valence-electron chi connectivity index (χ2n) is 14.2. The van der Waals surface area contributed by atoms with E-state index in [0.29, 0.717) is 0 Å². The molecule has 6 amide bonds. The zero-order chi connectivity index (χ0) is 49.2. The fourth-order valence-electron chi connectivity index (χ4n) is 6.60. The number of hydrogen-bond donors (Lipinski definition) is 10. The molecule has 23 nitrogen and oxygen atoms in total. The second kappa shape index (κ2) is 18.9. The van der Waals surface area contributed by atoms with Crippen molar-refractivity contribution in [2.75, 3.05) is 34.4 Å². The van der Waals surface area contributed by atoms with Gasteiger partial charge >= 0.3 is 6.03 Å². The first-order valence-electron chi connectivity index (χ1n) is 18.7. The molecule has 6 aromatic rings. The number of hydrogen-bond acceptors (Lipinski definition) is 13. The molecule has 350 valence electrons. The van der Waals surface area contributed by atoms with Gasteiger partial charge in [-0.1, -0.05) is 12.1 Å². The van der Waals surface area contributed by atoms with E-state index in [0.717, 1.165) is 48.5 Å². The van der Waals surface area contributed by atoms with Gasteiger partial charge < -0.3 is 31.9 Å². The van der Waals surface area contributed by atoms with Gasteiger partial charge in [-0.3, -0.25) is 37.4 Å². The number of nitrogens with one attached hydrogen (secondary N) is 6. The molecule has 0 aliphatic rings. The topological polar surface area (TPSA) is 375 Å². The van der Waals surface area contributed by atoms with E-state index in [1.807, 2.05) is 0 Å². The van der Waals surface area contributed by atoms with Crippen LogP contribution < -0.4 is 31.9 Å². The average molecular weight is 999 g/mol. The molecule has 0 radical (unpaired) electrons. The van der Waals surface area contributed by atoms with E-state index in [1.165, 1.54) is 61.5 Å². The van der Waals surface area contributed by atoms with Gasteiger partial charge in [0.15, 0.2) is 0 Å². The highest BCUT2D eigenvalue weighted by Crippen LogP contribution is 2.36. The largest absolute Gasteiger partial charge is 0.343 e. The lowest BCUT2D eigenvalue weighted by atomic mass is 10.1. The number of urea groups is 1. The van der Waals surface area contributed by atoms with Crippen molar-refractivity contribution < 1.29 is 75.9 Å².